The molecule has 2 saturated heterocycles. The highest BCUT2D eigenvalue weighted by Gasteiger charge is 2.37. The molecule has 0 bridgehead atoms. The first-order valence-electron chi connectivity index (χ1n) is 12.5. The number of ether oxygens (including phenoxy) is 1. The zero-order valence-corrected chi connectivity index (χ0v) is 20.1. The number of hydrogen-bond acceptors (Lipinski definition) is 4. The van der Waals surface area contributed by atoms with E-state index >= 15 is 0 Å². The van der Waals surface area contributed by atoms with Gasteiger partial charge in [0.05, 0.1) is 12.7 Å². The Labute approximate surface area is 201 Å². The van der Waals surface area contributed by atoms with E-state index in [-0.39, 0.29) is 29.7 Å². The van der Waals surface area contributed by atoms with Gasteiger partial charge in [0, 0.05) is 25.4 Å². The number of fused-ring (bicyclic) bond motifs is 1. The Morgan fingerprint density at radius 3 is 2.53 bits per heavy atom. The highest BCUT2D eigenvalue weighted by molar-refractivity contribution is 5.93. The molecule has 0 radical (unpaired) electrons. The Morgan fingerprint density at radius 1 is 1.09 bits per heavy atom. The van der Waals surface area contributed by atoms with Crippen molar-refractivity contribution in [3.63, 3.8) is 0 Å². The number of epoxide rings is 1. The summed E-state index contributed by atoms with van der Waals surface area (Å²) in [5.74, 6) is -0.499. The van der Waals surface area contributed by atoms with Crippen LogP contribution in [0, 0.1) is 5.92 Å². The van der Waals surface area contributed by atoms with E-state index in [0.29, 0.717) is 32.5 Å². The van der Waals surface area contributed by atoms with Crippen LogP contribution in [0.3, 0.4) is 0 Å². The van der Waals surface area contributed by atoms with Crippen LogP contribution in [0.2, 0.25) is 0 Å². The van der Waals surface area contributed by atoms with Crippen LogP contribution in [0.15, 0.2) is 42.5 Å². The van der Waals surface area contributed by atoms with Crippen molar-refractivity contribution in [1.29, 1.82) is 0 Å². The first-order valence-corrected chi connectivity index (χ1v) is 12.5. The summed E-state index contributed by atoms with van der Waals surface area (Å²) >= 11 is 0. The molecule has 2 unspecified atom stereocenters. The number of benzene rings is 2. The SMILES string of the molecule is CCC(CC)C(=O)N1CCCC1C(=O)N[C@H](Cc1ccc2ccccc2c1)C(=O)NCC1CO1. The van der Waals surface area contributed by atoms with Gasteiger partial charge in [0.2, 0.25) is 17.7 Å². The van der Waals surface area contributed by atoms with Gasteiger partial charge in [-0.25, -0.2) is 0 Å². The van der Waals surface area contributed by atoms with Crippen molar-refractivity contribution in [2.45, 2.75) is 64.1 Å². The van der Waals surface area contributed by atoms with Crippen molar-refractivity contribution >= 4 is 28.5 Å². The van der Waals surface area contributed by atoms with Crippen molar-refractivity contribution in [1.82, 2.24) is 15.5 Å². The Balaban J connectivity index is 1.49. The molecule has 3 amide bonds. The van der Waals surface area contributed by atoms with E-state index < -0.39 is 12.1 Å². The summed E-state index contributed by atoms with van der Waals surface area (Å²) < 4.78 is 5.21. The molecule has 0 spiro atoms. The number of carbonyl (C=O) groups excluding carboxylic acids is 3. The number of nitrogens with zero attached hydrogens (tertiary/aromatic N) is 1. The third kappa shape index (κ3) is 5.76. The predicted octanol–water partition coefficient (Wildman–Crippen LogP) is 2.81. The second-order valence-corrected chi connectivity index (χ2v) is 9.35. The number of rotatable bonds is 10. The molecule has 0 aliphatic carbocycles. The molecule has 2 aliphatic heterocycles. The Bertz CT molecular complexity index is 1030. The molecule has 2 aromatic rings. The van der Waals surface area contributed by atoms with Crippen molar-refractivity contribution in [3.05, 3.63) is 48.0 Å². The van der Waals surface area contributed by atoms with Crippen LogP contribution in [0.4, 0.5) is 0 Å². The minimum atomic E-state index is -0.724. The van der Waals surface area contributed by atoms with Crippen molar-refractivity contribution in [3.8, 4) is 0 Å². The molecule has 2 heterocycles. The maximum Gasteiger partial charge on any atom is 0.243 e. The normalized spacial score (nSPS) is 20.4. The topological polar surface area (TPSA) is 91.0 Å². The van der Waals surface area contributed by atoms with Gasteiger partial charge in [0.15, 0.2) is 0 Å². The molecule has 2 aromatic carbocycles. The number of amides is 3. The van der Waals surface area contributed by atoms with E-state index in [1.807, 2.05) is 50.2 Å². The standard InChI is InChI=1S/C27H35N3O4/c1-3-19(4-2)27(33)30-13-7-10-24(30)26(32)29-23(25(31)28-16-22-17-34-22)15-18-11-12-20-8-5-6-9-21(20)14-18/h5-6,8-9,11-12,14,19,22-24H,3-4,7,10,13,15-17H2,1-2H3,(H,28,31)(H,29,32)/t22?,23-,24?/m1/s1. The fraction of sp³-hybridized carbons (Fsp3) is 0.519. The maximum absolute atomic E-state index is 13.3. The molecule has 0 saturated carbocycles. The van der Waals surface area contributed by atoms with Crippen LogP contribution in [0.5, 0.6) is 0 Å². The third-order valence-corrected chi connectivity index (χ3v) is 6.97. The molecule has 7 heteroatoms. The van der Waals surface area contributed by atoms with Gasteiger partial charge in [-0.05, 0) is 42.0 Å². The van der Waals surface area contributed by atoms with Crippen LogP contribution in [-0.2, 0) is 25.5 Å². The predicted molar refractivity (Wildman–Crippen MR) is 131 cm³/mol. The van der Waals surface area contributed by atoms with E-state index in [1.165, 1.54) is 0 Å². The molecular formula is C27H35N3O4. The van der Waals surface area contributed by atoms with Gasteiger partial charge < -0.3 is 20.3 Å². The minimum absolute atomic E-state index is 0.0454. The molecule has 34 heavy (non-hydrogen) atoms. The summed E-state index contributed by atoms with van der Waals surface area (Å²) in [6.07, 6.45) is 3.38. The lowest BCUT2D eigenvalue weighted by atomic mass is 10.00. The van der Waals surface area contributed by atoms with E-state index in [4.69, 9.17) is 4.74 Å². The van der Waals surface area contributed by atoms with Gasteiger partial charge in [-0.1, -0.05) is 56.3 Å². The molecule has 7 nitrogen and oxygen atoms in total. The van der Waals surface area contributed by atoms with Crippen molar-refractivity contribution < 1.29 is 19.1 Å². The van der Waals surface area contributed by atoms with Crippen LogP contribution < -0.4 is 10.6 Å². The molecule has 2 aliphatic rings. The average Bonchev–Trinajstić information content (AvgIpc) is 3.55. The number of hydrogen-bond donors (Lipinski definition) is 2. The van der Waals surface area contributed by atoms with E-state index in [0.717, 1.165) is 35.6 Å². The highest BCUT2D eigenvalue weighted by Crippen LogP contribution is 2.23. The Kier molecular flexibility index (Phi) is 7.83. The molecule has 3 atom stereocenters. The summed E-state index contributed by atoms with van der Waals surface area (Å²) in [5, 5.41) is 8.10. The van der Waals surface area contributed by atoms with Gasteiger partial charge in [0.1, 0.15) is 12.1 Å². The fourth-order valence-electron chi connectivity index (χ4n) is 4.78. The molecular weight excluding hydrogens is 430 g/mol. The number of nitrogens with one attached hydrogen (secondary N) is 2. The maximum atomic E-state index is 13.3. The second kappa shape index (κ2) is 11.0. The van der Waals surface area contributed by atoms with Crippen LogP contribution >= 0.6 is 0 Å². The lowest BCUT2D eigenvalue weighted by Crippen LogP contribution is -2.54. The Morgan fingerprint density at radius 2 is 1.82 bits per heavy atom. The summed E-state index contributed by atoms with van der Waals surface area (Å²) in [7, 11) is 0. The van der Waals surface area contributed by atoms with Gasteiger partial charge in [-0.3, -0.25) is 14.4 Å². The first kappa shape index (κ1) is 24.2. The first-order chi connectivity index (χ1) is 16.5. The van der Waals surface area contributed by atoms with Crippen molar-refractivity contribution in [2.24, 2.45) is 5.92 Å². The van der Waals surface area contributed by atoms with Crippen LogP contribution in [0.25, 0.3) is 10.8 Å². The minimum Gasteiger partial charge on any atom is -0.371 e. The number of likely N-dealkylation sites (tertiary alicyclic amines) is 1. The molecule has 2 N–H and O–H groups in total. The van der Waals surface area contributed by atoms with Crippen LogP contribution in [0.1, 0.15) is 45.1 Å². The van der Waals surface area contributed by atoms with Crippen molar-refractivity contribution in [2.75, 3.05) is 19.7 Å². The zero-order valence-electron chi connectivity index (χ0n) is 20.1. The summed E-state index contributed by atoms with van der Waals surface area (Å²) in [6.45, 7) is 5.69. The Hall–Kier alpha value is -2.93. The summed E-state index contributed by atoms with van der Waals surface area (Å²) in [4.78, 5) is 41.1. The lowest BCUT2D eigenvalue weighted by molar-refractivity contribution is -0.142. The van der Waals surface area contributed by atoms with Gasteiger partial charge in [-0.2, -0.15) is 0 Å². The molecule has 0 aromatic heterocycles. The van der Waals surface area contributed by atoms with Gasteiger partial charge in [0.25, 0.3) is 0 Å². The number of carbonyl (C=O) groups is 3. The molecule has 2 fully saturated rings. The third-order valence-electron chi connectivity index (χ3n) is 6.97. The average molecular weight is 466 g/mol. The van der Waals surface area contributed by atoms with Gasteiger partial charge >= 0.3 is 0 Å². The zero-order chi connectivity index (χ0) is 24.1. The van der Waals surface area contributed by atoms with Crippen LogP contribution in [-0.4, -0.2) is 60.5 Å². The largest absolute Gasteiger partial charge is 0.371 e. The highest BCUT2D eigenvalue weighted by atomic mass is 16.6. The smallest absolute Gasteiger partial charge is 0.243 e. The molecule has 4 rings (SSSR count). The second-order valence-electron chi connectivity index (χ2n) is 9.35. The summed E-state index contributed by atoms with van der Waals surface area (Å²) in [5.41, 5.74) is 0.971. The van der Waals surface area contributed by atoms with E-state index in [1.54, 1.807) is 4.90 Å². The fourth-order valence-corrected chi connectivity index (χ4v) is 4.78. The molecule has 182 valence electrons. The van der Waals surface area contributed by atoms with E-state index in [2.05, 4.69) is 16.7 Å². The van der Waals surface area contributed by atoms with Gasteiger partial charge in [-0.15, -0.1) is 0 Å². The van der Waals surface area contributed by atoms with E-state index in [9.17, 15) is 14.4 Å². The lowest BCUT2D eigenvalue weighted by Gasteiger charge is -2.29. The monoisotopic (exact) mass is 465 g/mol. The quantitative estimate of drug-likeness (QED) is 0.528. The summed E-state index contributed by atoms with van der Waals surface area (Å²) in [6, 6.07) is 12.9.